The Labute approximate surface area is 206 Å². The van der Waals surface area contributed by atoms with Crippen LogP contribution in [0.25, 0.3) is 10.9 Å². The molecule has 0 saturated heterocycles. The molecule has 0 saturated carbocycles. The van der Waals surface area contributed by atoms with Crippen LogP contribution in [0.15, 0.2) is 64.8 Å². The van der Waals surface area contributed by atoms with Gasteiger partial charge in [-0.25, -0.2) is 4.98 Å². The summed E-state index contributed by atoms with van der Waals surface area (Å²) in [4.78, 5) is 33.5. The summed E-state index contributed by atoms with van der Waals surface area (Å²) in [7, 11) is 1.61. The van der Waals surface area contributed by atoms with E-state index in [1.165, 1.54) is 18.0 Å². The lowest BCUT2D eigenvalue weighted by molar-refractivity contribution is 0.0949. The first-order valence-electron chi connectivity index (χ1n) is 11.5. The van der Waals surface area contributed by atoms with Crippen LogP contribution in [0.4, 0.5) is 0 Å². The first-order chi connectivity index (χ1) is 17.1. The number of amides is 1. The van der Waals surface area contributed by atoms with Crippen molar-refractivity contribution >= 4 is 28.6 Å². The van der Waals surface area contributed by atoms with Crippen molar-refractivity contribution in [3.05, 3.63) is 81.9 Å². The summed E-state index contributed by atoms with van der Waals surface area (Å²) in [6.45, 7) is 3.30. The fraction of sp³-hybridized carbons (Fsp3) is 0.269. The van der Waals surface area contributed by atoms with Crippen molar-refractivity contribution in [3.63, 3.8) is 0 Å². The van der Waals surface area contributed by atoms with Gasteiger partial charge in [-0.1, -0.05) is 36.0 Å². The summed E-state index contributed by atoms with van der Waals surface area (Å²) in [5.74, 6) is 1.45. The van der Waals surface area contributed by atoms with Gasteiger partial charge < -0.3 is 19.8 Å². The molecule has 4 aromatic rings. The third-order valence-corrected chi connectivity index (χ3v) is 7.13. The topological polar surface area (TPSA) is 98.2 Å². The van der Waals surface area contributed by atoms with Crippen molar-refractivity contribution in [2.45, 2.75) is 24.5 Å². The number of hydrogen-bond acceptors (Lipinski definition) is 6. The molecule has 0 radical (unpaired) electrons. The zero-order valence-corrected chi connectivity index (χ0v) is 20.4. The summed E-state index contributed by atoms with van der Waals surface area (Å²) < 4.78 is 12.8. The molecular weight excluding hydrogens is 464 g/mol. The number of thioether (sulfide) groups is 1. The van der Waals surface area contributed by atoms with Gasteiger partial charge >= 0.3 is 0 Å². The number of rotatable bonds is 8. The van der Waals surface area contributed by atoms with Gasteiger partial charge in [0.05, 0.1) is 13.7 Å². The molecule has 0 aliphatic carbocycles. The number of nitrogens with one attached hydrogen (secondary N) is 2. The second kappa shape index (κ2) is 9.87. The van der Waals surface area contributed by atoms with Crippen LogP contribution in [-0.4, -0.2) is 46.5 Å². The van der Waals surface area contributed by atoms with E-state index in [0.717, 1.165) is 27.8 Å². The normalized spacial score (nSPS) is 13.4. The van der Waals surface area contributed by atoms with Gasteiger partial charge in [-0.15, -0.1) is 0 Å². The van der Waals surface area contributed by atoms with Crippen LogP contribution < -0.4 is 20.3 Å². The van der Waals surface area contributed by atoms with Gasteiger partial charge in [-0.3, -0.25) is 14.2 Å². The molecule has 1 aliphatic rings. The molecule has 35 heavy (non-hydrogen) atoms. The molecule has 9 heteroatoms. The van der Waals surface area contributed by atoms with Gasteiger partial charge in [-0.2, -0.15) is 0 Å². The number of H-pyrrole nitrogens is 1. The van der Waals surface area contributed by atoms with E-state index in [0.29, 0.717) is 29.8 Å². The third-order valence-electron chi connectivity index (χ3n) is 6.15. The molecule has 1 aliphatic heterocycles. The van der Waals surface area contributed by atoms with E-state index in [1.54, 1.807) is 11.7 Å². The van der Waals surface area contributed by atoms with Crippen molar-refractivity contribution in [2.24, 2.45) is 0 Å². The van der Waals surface area contributed by atoms with E-state index < -0.39 is 5.91 Å². The molecule has 1 atom stereocenters. The van der Waals surface area contributed by atoms with Crippen LogP contribution in [0.3, 0.4) is 0 Å². The van der Waals surface area contributed by atoms with E-state index in [1.807, 2.05) is 49.5 Å². The number of aromatic amines is 1. The average molecular weight is 491 g/mol. The van der Waals surface area contributed by atoms with Crippen molar-refractivity contribution in [3.8, 4) is 11.5 Å². The second-order valence-electron chi connectivity index (χ2n) is 8.16. The van der Waals surface area contributed by atoms with Gasteiger partial charge in [0.1, 0.15) is 5.56 Å². The minimum atomic E-state index is -0.433. The van der Waals surface area contributed by atoms with Crippen LogP contribution >= 0.6 is 11.8 Å². The lowest BCUT2D eigenvalue weighted by Gasteiger charge is -2.20. The number of para-hydroxylation sites is 1. The summed E-state index contributed by atoms with van der Waals surface area (Å²) >= 11 is 1.52. The Morgan fingerprint density at radius 1 is 1.26 bits per heavy atom. The van der Waals surface area contributed by atoms with Crippen LogP contribution in [0.1, 0.15) is 34.3 Å². The van der Waals surface area contributed by atoms with E-state index in [-0.39, 0.29) is 23.6 Å². The second-order valence-corrected chi connectivity index (χ2v) is 9.22. The Morgan fingerprint density at radius 3 is 2.94 bits per heavy atom. The number of methoxy groups -OCH3 is 1. The first-order valence-corrected chi connectivity index (χ1v) is 12.5. The van der Waals surface area contributed by atoms with Crippen LogP contribution in [0, 0.1) is 0 Å². The number of carbonyl (C=O) groups is 1. The van der Waals surface area contributed by atoms with Crippen LogP contribution in [-0.2, 0) is 6.54 Å². The molecule has 0 spiro atoms. The maximum Gasteiger partial charge on any atom is 0.267 e. The SMILES string of the molecule is CCOc1ccc([C@@H](CNC(=O)c2cnc3n(c2=O)CCS3)c2c[nH]c3ccccc23)cc1OC. The quantitative estimate of drug-likeness (QED) is 0.365. The van der Waals surface area contributed by atoms with E-state index in [2.05, 4.69) is 21.4 Å². The van der Waals surface area contributed by atoms with Crippen molar-refractivity contribution in [1.82, 2.24) is 19.9 Å². The zero-order chi connectivity index (χ0) is 24.4. The highest BCUT2D eigenvalue weighted by molar-refractivity contribution is 7.99. The Balaban J connectivity index is 1.49. The highest BCUT2D eigenvalue weighted by atomic mass is 32.2. The summed E-state index contributed by atoms with van der Waals surface area (Å²) in [6.07, 6.45) is 3.34. The highest BCUT2D eigenvalue weighted by Gasteiger charge is 2.24. The monoisotopic (exact) mass is 490 g/mol. The molecule has 2 aromatic carbocycles. The van der Waals surface area contributed by atoms with Crippen LogP contribution in [0.2, 0.25) is 0 Å². The predicted molar refractivity (Wildman–Crippen MR) is 136 cm³/mol. The number of hydrogen-bond donors (Lipinski definition) is 2. The lowest BCUT2D eigenvalue weighted by Crippen LogP contribution is -2.35. The Kier molecular flexibility index (Phi) is 6.50. The molecular formula is C26H26N4O4S. The Bertz CT molecular complexity index is 1450. The minimum absolute atomic E-state index is 0.0539. The van der Waals surface area contributed by atoms with Gasteiger partial charge in [-0.05, 0) is 36.2 Å². The third kappa shape index (κ3) is 4.39. The molecule has 180 valence electrons. The molecule has 5 rings (SSSR count). The number of ether oxygens (including phenoxy) is 2. The molecule has 1 amide bonds. The number of fused-ring (bicyclic) bond motifs is 2. The molecule has 8 nitrogen and oxygen atoms in total. The van der Waals surface area contributed by atoms with E-state index in [4.69, 9.17) is 9.47 Å². The summed E-state index contributed by atoms with van der Waals surface area (Å²) in [5, 5.41) is 4.70. The highest BCUT2D eigenvalue weighted by Crippen LogP contribution is 2.36. The number of aromatic nitrogens is 3. The molecule has 2 N–H and O–H groups in total. The fourth-order valence-electron chi connectivity index (χ4n) is 4.43. The van der Waals surface area contributed by atoms with Gasteiger partial charge in [0.25, 0.3) is 11.5 Å². The maximum atomic E-state index is 13.1. The fourth-order valence-corrected chi connectivity index (χ4v) is 5.34. The summed E-state index contributed by atoms with van der Waals surface area (Å²) in [6, 6.07) is 13.8. The Hall–Kier alpha value is -3.72. The zero-order valence-electron chi connectivity index (χ0n) is 19.5. The minimum Gasteiger partial charge on any atom is -0.493 e. The summed E-state index contributed by atoms with van der Waals surface area (Å²) in [5.41, 5.74) is 2.75. The number of carbonyl (C=O) groups excluding carboxylic acids is 1. The molecule has 0 bridgehead atoms. The van der Waals surface area contributed by atoms with E-state index in [9.17, 15) is 9.59 Å². The van der Waals surface area contributed by atoms with Crippen LogP contribution in [0.5, 0.6) is 11.5 Å². The molecule has 0 unspecified atom stereocenters. The lowest BCUT2D eigenvalue weighted by atomic mass is 9.90. The average Bonchev–Trinajstić information content (AvgIpc) is 3.53. The standard InChI is InChI=1S/C26H26N4O4S/c1-3-34-22-9-8-16(12-23(22)33-2)18(19-14-27-21-7-5-4-6-17(19)21)13-28-24(31)20-15-29-26-30(25(20)32)10-11-35-26/h4-9,12,14-15,18,27H,3,10-11,13H2,1-2H3,(H,28,31)/t18-/m1/s1. The maximum absolute atomic E-state index is 13.1. The molecule has 2 aromatic heterocycles. The number of benzene rings is 2. The van der Waals surface area contributed by atoms with Crippen molar-refractivity contribution in [1.29, 1.82) is 0 Å². The largest absolute Gasteiger partial charge is 0.493 e. The molecule has 3 heterocycles. The van der Waals surface area contributed by atoms with Crippen molar-refractivity contribution < 1.29 is 14.3 Å². The Morgan fingerprint density at radius 2 is 2.11 bits per heavy atom. The van der Waals surface area contributed by atoms with Gasteiger partial charge in [0, 0.05) is 48.1 Å². The van der Waals surface area contributed by atoms with Gasteiger partial charge in [0.2, 0.25) is 0 Å². The van der Waals surface area contributed by atoms with E-state index >= 15 is 0 Å². The first kappa shape index (κ1) is 23.0. The predicted octanol–water partition coefficient (Wildman–Crippen LogP) is 3.80. The van der Waals surface area contributed by atoms with Crippen molar-refractivity contribution in [2.75, 3.05) is 26.0 Å². The van der Waals surface area contributed by atoms with Gasteiger partial charge in [0.15, 0.2) is 16.7 Å². The smallest absolute Gasteiger partial charge is 0.267 e. The molecule has 0 fully saturated rings. The number of nitrogens with zero attached hydrogens (tertiary/aromatic N) is 2.